The molecule has 1 saturated heterocycles. The average molecular weight is 245 g/mol. The molecule has 0 bridgehead atoms. The van der Waals surface area contributed by atoms with Gasteiger partial charge in [-0.3, -0.25) is 0 Å². The molecule has 0 aromatic heterocycles. The third kappa shape index (κ3) is 2.93. The van der Waals surface area contributed by atoms with E-state index in [2.05, 4.69) is 18.0 Å². The minimum Gasteiger partial charge on any atom is -0.490 e. The summed E-state index contributed by atoms with van der Waals surface area (Å²) in [5.41, 5.74) is 7.02. The van der Waals surface area contributed by atoms with E-state index in [1.807, 2.05) is 0 Å². The average Bonchev–Trinajstić information content (AvgIpc) is 2.39. The second-order valence-electron chi connectivity index (χ2n) is 4.81. The quantitative estimate of drug-likeness (QED) is 0.827. The van der Waals surface area contributed by atoms with Gasteiger partial charge < -0.3 is 15.4 Å². The highest BCUT2D eigenvalue weighted by Crippen LogP contribution is 2.24. The summed E-state index contributed by atoms with van der Waals surface area (Å²) in [4.78, 5) is 2.33. The van der Waals surface area contributed by atoms with Crippen LogP contribution in [-0.4, -0.2) is 31.1 Å². The van der Waals surface area contributed by atoms with Crippen LogP contribution in [0.1, 0.15) is 24.8 Å². The first-order valence-electron chi connectivity index (χ1n) is 6.33. The Bertz CT molecular complexity index is 453. The van der Waals surface area contributed by atoms with Crippen LogP contribution in [-0.2, 0) is 0 Å². The van der Waals surface area contributed by atoms with Crippen molar-refractivity contribution in [1.82, 2.24) is 4.90 Å². The molecule has 96 valence electrons. The molecule has 2 N–H and O–H groups in total. The molecule has 1 atom stereocenters. The number of anilines is 1. The van der Waals surface area contributed by atoms with Gasteiger partial charge in [0.1, 0.15) is 12.4 Å². The maximum absolute atomic E-state index is 8.86. The Morgan fingerprint density at radius 3 is 3.06 bits per heavy atom. The highest BCUT2D eigenvalue weighted by atomic mass is 16.5. The van der Waals surface area contributed by atoms with Crippen molar-refractivity contribution in [3.63, 3.8) is 0 Å². The summed E-state index contributed by atoms with van der Waals surface area (Å²) < 4.78 is 5.77. The van der Waals surface area contributed by atoms with Crippen LogP contribution in [0.3, 0.4) is 0 Å². The van der Waals surface area contributed by atoms with Gasteiger partial charge in [-0.15, -0.1) is 0 Å². The summed E-state index contributed by atoms with van der Waals surface area (Å²) >= 11 is 0. The second-order valence-corrected chi connectivity index (χ2v) is 4.81. The number of rotatable bonds is 3. The smallest absolute Gasteiger partial charge is 0.143 e. The molecule has 1 unspecified atom stereocenters. The summed E-state index contributed by atoms with van der Waals surface area (Å²) in [6.45, 7) is 1.76. The molecule has 2 rings (SSSR count). The first-order valence-corrected chi connectivity index (χ1v) is 6.33. The Kier molecular flexibility index (Phi) is 4.06. The van der Waals surface area contributed by atoms with Crippen LogP contribution in [0, 0.1) is 11.3 Å². The zero-order valence-corrected chi connectivity index (χ0v) is 10.7. The Morgan fingerprint density at radius 1 is 1.50 bits per heavy atom. The molecular formula is C14H19N3O. The molecule has 0 spiro atoms. The van der Waals surface area contributed by atoms with Crippen molar-refractivity contribution < 1.29 is 4.74 Å². The topological polar surface area (TPSA) is 62.3 Å². The number of nitrogen functional groups attached to an aromatic ring is 1. The minimum absolute atomic E-state index is 0.448. The van der Waals surface area contributed by atoms with Gasteiger partial charge in [0.15, 0.2) is 0 Å². The van der Waals surface area contributed by atoms with Crippen molar-refractivity contribution in [3.8, 4) is 11.8 Å². The third-order valence-corrected chi connectivity index (χ3v) is 3.50. The number of likely N-dealkylation sites (N-methyl/N-ethyl adjacent to an activating group) is 1. The molecule has 1 aliphatic heterocycles. The van der Waals surface area contributed by atoms with Crippen LogP contribution < -0.4 is 10.5 Å². The van der Waals surface area contributed by atoms with Gasteiger partial charge in [0, 0.05) is 12.1 Å². The van der Waals surface area contributed by atoms with Gasteiger partial charge in [0.2, 0.25) is 0 Å². The number of likely N-dealkylation sites (tertiary alicyclic amines) is 1. The first-order chi connectivity index (χ1) is 8.70. The van der Waals surface area contributed by atoms with E-state index in [1.54, 1.807) is 18.2 Å². The van der Waals surface area contributed by atoms with Gasteiger partial charge in [-0.1, -0.05) is 6.42 Å². The molecular weight excluding hydrogens is 226 g/mol. The molecule has 18 heavy (non-hydrogen) atoms. The van der Waals surface area contributed by atoms with E-state index in [9.17, 15) is 0 Å². The molecule has 1 aliphatic rings. The van der Waals surface area contributed by atoms with E-state index >= 15 is 0 Å². The Hall–Kier alpha value is -1.73. The van der Waals surface area contributed by atoms with Crippen LogP contribution >= 0.6 is 0 Å². The maximum Gasteiger partial charge on any atom is 0.143 e. The summed E-state index contributed by atoms with van der Waals surface area (Å²) in [6.07, 6.45) is 3.68. The van der Waals surface area contributed by atoms with Gasteiger partial charge in [-0.05, 0) is 38.6 Å². The molecule has 1 heterocycles. The first kappa shape index (κ1) is 12.7. The van der Waals surface area contributed by atoms with Crippen LogP contribution in [0.15, 0.2) is 18.2 Å². The van der Waals surface area contributed by atoms with Crippen molar-refractivity contribution in [2.45, 2.75) is 25.3 Å². The predicted octanol–water partition coefficient (Wildman–Crippen LogP) is 2.00. The second kappa shape index (κ2) is 5.74. The summed E-state index contributed by atoms with van der Waals surface area (Å²) in [6, 6.07) is 7.67. The highest BCUT2D eigenvalue weighted by Gasteiger charge is 2.19. The number of hydrogen-bond acceptors (Lipinski definition) is 4. The molecule has 4 nitrogen and oxygen atoms in total. The molecule has 4 heteroatoms. The molecule has 0 aliphatic carbocycles. The monoisotopic (exact) mass is 245 g/mol. The fourth-order valence-electron chi connectivity index (χ4n) is 2.27. The van der Waals surface area contributed by atoms with Crippen molar-refractivity contribution in [2.24, 2.45) is 0 Å². The fourth-order valence-corrected chi connectivity index (χ4v) is 2.27. The molecule has 1 fully saturated rings. The van der Waals surface area contributed by atoms with E-state index in [0.29, 0.717) is 29.6 Å². The lowest BCUT2D eigenvalue weighted by atomic mass is 10.0. The van der Waals surface area contributed by atoms with Crippen molar-refractivity contribution in [3.05, 3.63) is 23.8 Å². The minimum atomic E-state index is 0.448. The van der Waals surface area contributed by atoms with Gasteiger partial charge in [0.25, 0.3) is 0 Å². The number of nitrogens with zero attached hydrogens (tertiary/aromatic N) is 2. The number of nitrogens with two attached hydrogens (primary N) is 1. The highest BCUT2D eigenvalue weighted by molar-refractivity contribution is 5.56. The summed E-state index contributed by atoms with van der Waals surface area (Å²) in [5, 5.41) is 8.86. The molecule has 0 saturated carbocycles. The number of ether oxygens (including phenoxy) is 1. The van der Waals surface area contributed by atoms with Gasteiger partial charge in [-0.2, -0.15) is 5.26 Å². The lowest BCUT2D eigenvalue weighted by Gasteiger charge is -2.32. The van der Waals surface area contributed by atoms with Crippen LogP contribution in [0.2, 0.25) is 0 Å². The lowest BCUT2D eigenvalue weighted by molar-refractivity contribution is 0.125. The maximum atomic E-state index is 8.86. The Balaban J connectivity index is 1.99. The van der Waals surface area contributed by atoms with Crippen molar-refractivity contribution in [2.75, 3.05) is 25.9 Å². The lowest BCUT2D eigenvalue weighted by Crippen LogP contribution is -2.40. The van der Waals surface area contributed by atoms with Crippen LogP contribution in [0.5, 0.6) is 5.75 Å². The van der Waals surface area contributed by atoms with E-state index in [1.165, 1.54) is 12.8 Å². The van der Waals surface area contributed by atoms with E-state index in [-0.39, 0.29) is 0 Å². The number of hydrogen-bond donors (Lipinski definition) is 1. The zero-order chi connectivity index (χ0) is 13.0. The molecule has 1 aromatic rings. The Morgan fingerprint density at radius 2 is 2.33 bits per heavy atom. The predicted molar refractivity (Wildman–Crippen MR) is 71.3 cm³/mol. The number of piperidine rings is 1. The van der Waals surface area contributed by atoms with Gasteiger partial charge in [-0.25, -0.2) is 0 Å². The normalized spacial score (nSPS) is 20.3. The van der Waals surface area contributed by atoms with Crippen molar-refractivity contribution >= 4 is 5.69 Å². The third-order valence-electron chi connectivity index (χ3n) is 3.50. The summed E-state index contributed by atoms with van der Waals surface area (Å²) in [7, 11) is 2.13. The fraction of sp³-hybridized carbons (Fsp3) is 0.500. The van der Waals surface area contributed by atoms with E-state index in [4.69, 9.17) is 15.7 Å². The van der Waals surface area contributed by atoms with E-state index < -0.39 is 0 Å². The largest absolute Gasteiger partial charge is 0.490 e. The Labute approximate surface area is 108 Å². The number of benzene rings is 1. The summed E-state index contributed by atoms with van der Waals surface area (Å²) in [5.74, 6) is 0.619. The number of nitriles is 1. The standard InChI is InChI=1S/C14H19N3O/c1-17-7-3-2-4-12(17)10-18-14-8-11(9-15)5-6-13(14)16/h5-6,8,12H,2-4,7,10,16H2,1H3. The van der Waals surface area contributed by atoms with Gasteiger partial charge in [0.05, 0.1) is 17.3 Å². The molecule has 0 radical (unpaired) electrons. The zero-order valence-electron chi connectivity index (χ0n) is 10.7. The van der Waals surface area contributed by atoms with Crippen LogP contribution in [0.25, 0.3) is 0 Å². The van der Waals surface area contributed by atoms with Gasteiger partial charge >= 0.3 is 0 Å². The van der Waals surface area contributed by atoms with Crippen molar-refractivity contribution in [1.29, 1.82) is 5.26 Å². The van der Waals surface area contributed by atoms with E-state index in [0.717, 1.165) is 13.0 Å². The SMILES string of the molecule is CN1CCCCC1COc1cc(C#N)ccc1N. The molecule has 1 aromatic carbocycles. The molecule has 0 amide bonds. The van der Waals surface area contributed by atoms with Crippen LogP contribution in [0.4, 0.5) is 5.69 Å².